The summed E-state index contributed by atoms with van der Waals surface area (Å²) in [4.78, 5) is 15.2. The lowest BCUT2D eigenvalue weighted by Crippen LogP contribution is -2.24. The summed E-state index contributed by atoms with van der Waals surface area (Å²) < 4.78 is 5.47. The molecule has 0 spiro atoms. The Kier molecular flexibility index (Phi) is 2.62. The fourth-order valence-corrected chi connectivity index (χ4v) is 2.08. The predicted octanol–water partition coefficient (Wildman–Crippen LogP) is -0.882. The van der Waals surface area contributed by atoms with Crippen LogP contribution in [0, 0.1) is 0 Å². The number of anilines is 1. The maximum Gasteiger partial charge on any atom is 0.183 e. The zero-order valence-corrected chi connectivity index (χ0v) is 9.45. The van der Waals surface area contributed by atoms with Gasteiger partial charge in [-0.05, 0) is 0 Å². The van der Waals surface area contributed by atoms with Crippen molar-refractivity contribution in [3.63, 3.8) is 0 Å². The van der Waals surface area contributed by atoms with Crippen LogP contribution in [-0.4, -0.2) is 49.0 Å². The van der Waals surface area contributed by atoms with Crippen molar-refractivity contribution in [3.05, 3.63) is 12.2 Å². The lowest BCUT2D eigenvalue weighted by atomic mass is 10.1. The molecule has 1 aliphatic rings. The number of nitrogens with one attached hydrogen (secondary N) is 1. The second-order valence-corrected chi connectivity index (χ2v) is 4.22. The molecule has 1 fully saturated rings. The van der Waals surface area contributed by atoms with Crippen molar-refractivity contribution in [3.8, 4) is 0 Å². The maximum atomic E-state index is 9.67. The largest absolute Gasteiger partial charge is 0.394 e. The fraction of sp³-hybridized carbons (Fsp3) is 0.500. The summed E-state index contributed by atoms with van der Waals surface area (Å²) >= 11 is 0. The number of nitrogens with two attached hydrogens (primary N) is 1. The summed E-state index contributed by atoms with van der Waals surface area (Å²) in [7, 11) is 0. The van der Waals surface area contributed by atoms with Crippen molar-refractivity contribution in [1.29, 1.82) is 0 Å². The standard InChI is InChI=1S/C10H13N5O3/c11-8-7-10(13-3-12-7)15-9(14-8)5-1-4(17)6(2-16)18-5/h3-6,16-17H,1-2H2,(H3,11,12,13,14,15)/t4-,5?,6+/m0/s1. The smallest absolute Gasteiger partial charge is 0.183 e. The van der Waals surface area contributed by atoms with E-state index in [4.69, 9.17) is 15.6 Å². The third-order valence-electron chi connectivity index (χ3n) is 3.02. The van der Waals surface area contributed by atoms with Crippen LogP contribution in [0.3, 0.4) is 0 Å². The van der Waals surface area contributed by atoms with Gasteiger partial charge < -0.3 is 25.7 Å². The Bertz CT molecular complexity index is 572. The molecule has 1 saturated heterocycles. The van der Waals surface area contributed by atoms with Crippen LogP contribution in [0.2, 0.25) is 0 Å². The van der Waals surface area contributed by atoms with E-state index in [1.807, 2.05) is 0 Å². The molecule has 0 radical (unpaired) electrons. The van der Waals surface area contributed by atoms with Crippen LogP contribution >= 0.6 is 0 Å². The third kappa shape index (κ3) is 1.70. The van der Waals surface area contributed by atoms with Crippen molar-refractivity contribution in [2.45, 2.75) is 24.7 Å². The molecular weight excluding hydrogens is 238 g/mol. The van der Waals surface area contributed by atoms with Gasteiger partial charge in [0.1, 0.15) is 17.7 Å². The number of ether oxygens (including phenoxy) is 1. The van der Waals surface area contributed by atoms with E-state index in [1.54, 1.807) is 0 Å². The van der Waals surface area contributed by atoms with Crippen molar-refractivity contribution in [1.82, 2.24) is 19.9 Å². The van der Waals surface area contributed by atoms with Crippen LogP contribution in [-0.2, 0) is 4.74 Å². The molecule has 2 aromatic rings. The number of H-pyrrole nitrogens is 1. The van der Waals surface area contributed by atoms with E-state index in [0.717, 1.165) is 0 Å². The fourth-order valence-electron chi connectivity index (χ4n) is 2.08. The quantitative estimate of drug-likeness (QED) is 0.545. The van der Waals surface area contributed by atoms with Gasteiger partial charge in [0.15, 0.2) is 17.3 Å². The summed E-state index contributed by atoms with van der Waals surface area (Å²) in [5, 5.41) is 18.7. The third-order valence-corrected chi connectivity index (χ3v) is 3.02. The molecule has 2 aromatic heterocycles. The van der Waals surface area contributed by atoms with Gasteiger partial charge in [0.05, 0.1) is 19.0 Å². The van der Waals surface area contributed by atoms with Crippen molar-refractivity contribution in [2.24, 2.45) is 0 Å². The highest BCUT2D eigenvalue weighted by Crippen LogP contribution is 2.32. The van der Waals surface area contributed by atoms with Gasteiger partial charge in [-0.15, -0.1) is 0 Å². The zero-order chi connectivity index (χ0) is 12.7. The molecule has 8 nitrogen and oxygen atoms in total. The van der Waals surface area contributed by atoms with Gasteiger partial charge in [-0.3, -0.25) is 0 Å². The van der Waals surface area contributed by atoms with Crippen LogP contribution in [0.4, 0.5) is 5.82 Å². The highest BCUT2D eigenvalue weighted by atomic mass is 16.5. The number of fused-ring (bicyclic) bond motifs is 1. The molecule has 1 aliphatic heterocycles. The molecule has 0 bridgehead atoms. The Hall–Kier alpha value is -1.77. The van der Waals surface area contributed by atoms with E-state index in [0.29, 0.717) is 23.4 Å². The summed E-state index contributed by atoms with van der Waals surface area (Å²) in [5.41, 5.74) is 6.82. The van der Waals surface area contributed by atoms with Crippen LogP contribution in [0.5, 0.6) is 0 Å². The molecule has 8 heteroatoms. The van der Waals surface area contributed by atoms with Crippen LogP contribution in [0.15, 0.2) is 6.33 Å². The minimum atomic E-state index is -0.722. The number of aliphatic hydroxyl groups excluding tert-OH is 2. The summed E-state index contributed by atoms with van der Waals surface area (Å²) in [6, 6.07) is 0. The van der Waals surface area contributed by atoms with Gasteiger partial charge in [-0.25, -0.2) is 15.0 Å². The molecule has 18 heavy (non-hydrogen) atoms. The number of imidazole rings is 1. The molecular formula is C10H13N5O3. The monoisotopic (exact) mass is 251 g/mol. The van der Waals surface area contributed by atoms with Crippen LogP contribution in [0.1, 0.15) is 18.3 Å². The number of nitrogen functional groups attached to an aromatic ring is 1. The maximum absolute atomic E-state index is 9.67. The minimum Gasteiger partial charge on any atom is -0.394 e. The number of aromatic nitrogens is 4. The molecule has 0 saturated carbocycles. The van der Waals surface area contributed by atoms with Crippen LogP contribution < -0.4 is 5.73 Å². The highest BCUT2D eigenvalue weighted by Gasteiger charge is 2.36. The second-order valence-electron chi connectivity index (χ2n) is 4.22. The molecule has 3 atom stereocenters. The number of aliphatic hydroxyl groups is 2. The van der Waals surface area contributed by atoms with Gasteiger partial charge in [-0.1, -0.05) is 0 Å². The van der Waals surface area contributed by atoms with Crippen molar-refractivity contribution < 1.29 is 14.9 Å². The van der Waals surface area contributed by atoms with Gasteiger partial charge in [0.2, 0.25) is 0 Å². The first-order valence-corrected chi connectivity index (χ1v) is 5.60. The average Bonchev–Trinajstić information content (AvgIpc) is 2.95. The molecule has 3 rings (SSSR count). The molecule has 3 heterocycles. The van der Waals surface area contributed by atoms with E-state index in [1.165, 1.54) is 6.33 Å². The first-order valence-electron chi connectivity index (χ1n) is 5.60. The number of hydrogen-bond donors (Lipinski definition) is 4. The number of rotatable bonds is 2. The topological polar surface area (TPSA) is 130 Å². The molecule has 0 aromatic carbocycles. The highest BCUT2D eigenvalue weighted by molar-refractivity contribution is 5.80. The van der Waals surface area contributed by atoms with Crippen molar-refractivity contribution in [2.75, 3.05) is 12.3 Å². The Morgan fingerprint density at radius 3 is 3.06 bits per heavy atom. The summed E-state index contributed by atoms with van der Waals surface area (Å²) in [6.45, 7) is -0.238. The molecule has 1 unspecified atom stereocenters. The zero-order valence-electron chi connectivity index (χ0n) is 9.45. The van der Waals surface area contributed by atoms with Gasteiger partial charge in [0, 0.05) is 6.42 Å². The Morgan fingerprint density at radius 2 is 2.33 bits per heavy atom. The summed E-state index contributed by atoms with van der Waals surface area (Å²) in [5.74, 6) is 0.667. The van der Waals surface area contributed by atoms with Crippen molar-refractivity contribution >= 4 is 17.0 Å². The van der Waals surface area contributed by atoms with E-state index >= 15 is 0 Å². The van der Waals surface area contributed by atoms with Gasteiger partial charge >= 0.3 is 0 Å². The van der Waals surface area contributed by atoms with Gasteiger partial charge in [-0.2, -0.15) is 0 Å². The Balaban J connectivity index is 1.95. The van der Waals surface area contributed by atoms with E-state index in [9.17, 15) is 5.11 Å². The average molecular weight is 251 g/mol. The predicted molar refractivity (Wildman–Crippen MR) is 61.4 cm³/mol. The first kappa shape index (κ1) is 11.3. The van der Waals surface area contributed by atoms with Crippen LogP contribution in [0.25, 0.3) is 11.2 Å². The lowest BCUT2D eigenvalue weighted by Gasteiger charge is -2.11. The Morgan fingerprint density at radius 1 is 1.50 bits per heavy atom. The molecule has 0 aliphatic carbocycles. The van der Waals surface area contributed by atoms with E-state index < -0.39 is 18.3 Å². The lowest BCUT2D eigenvalue weighted by molar-refractivity contribution is -0.0246. The summed E-state index contributed by atoms with van der Waals surface area (Å²) in [6.07, 6.45) is 0.0241. The second kappa shape index (κ2) is 4.16. The minimum absolute atomic E-state index is 0.238. The Labute approximate surface area is 102 Å². The molecule has 0 amide bonds. The number of aromatic amines is 1. The number of nitrogens with zero attached hydrogens (tertiary/aromatic N) is 3. The molecule has 5 N–H and O–H groups in total. The van der Waals surface area contributed by atoms with E-state index in [2.05, 4.69) is 19.9 Å². The van der Waals surface area contributed by atoms with E-state index in [-0.39, 0.29) is 12.4 Å². The van der Waals surface area contributed by atoms with Gasteiger partial charge in [0.25, 0.3) is 0 Å². The molecule has 96 valence electrons. The number of hydrogen-bond acceptors (Lipinski definition) is 7. The first-order chi connectivity index (χ1) is 8.69. The SMILES string of the molecule is Nc1nc(C2C[C@H](O)[C@@H](CO)O2)nc2nc[nH]c12. The normalized spacial score (nSPS) is 28.0.